The second kappa shape index (κ2) is 4.53. The molecule has 3 N–H and O–H groups in total. The average molecular weight is 236 g/mol. The maximum Gasteiger partial charge on any atom is 0.255 e. The van der Waals surface area contributed by atoms with Gasteiger partial charge in [0.25, 0.3) is 5.91 Å². The zero-order valence-electron chi connectivity index (χ0n) is 10.7. The molecule has 1 aromatic rings. The van der Waals surface area contributed by atoms with Gasteiger partial charge in [0.15, 0.2) is 0 Å². The van der Waals surface area contributed by atoms with Crippen LogP contribution in [0.4, 0.5) is 0 Å². The molecule has 1 heterocycles. The smallest absolute Gasteiger partial charge is 0.255 e. The van der Waals surface area contributed by atoms with Crippen molar-refractivity contribution in [1.29, 1.82) is 0 Å². The van der Waals surface area contributed by atoms with Gasteiger partial charge in [0.2, 0.25) is 0 Å². The Morgan fingerprint density at radius 2 is 2.06 bits per heavy atom. The summed E-state index contributed by atoms with van der Waals surface area (Å²) in [5.41, 5.74) is 7.27. The van der Waals surface area contributed by atoms with Crippen LogP contribution in [0.1, 0.15) is 40.3 Å². The molecule has 2 rings (SSSR count). The first-order chi connectivity index (χ1) is 8.04. The molecule has 1 aliphatic rings. The molecule has 1 amide bonds. The Bertz CT molecular complexity index is 433. The molecule has 1 aliphatic carbocycles. The van der Waals surface area contributed by atoms with E-state index in [0.717, 1.165) is 11.3 Å². The molecule has 1 saturated carbocycles. The van der Waals surface area contributed by atoms with Crippen LogP contribution < -0.4 is 11.1 Å². The third kappa shape index (κ3) is 2.36. The second-order valence-electron chi connectivity index (χ2n) is 4.87. The largest absolute Gasteiger partial charge is 0.466 e. The molecular formula is C13H20N2O2. The summed E-state index contributed by atoms with van der Waals surface area (Å²) < 4.78 is 5.47. The van der Waals surface area contributed by atoms with Crippen LogP contribution in [-0.2, 0) is 0 Å². The zero-order valence-corrected chi connectivity index (χ0v) is 10.7. The fourth-order valence-corrected chi connectivity index (χ4v) is 2.24. The van der Waals surface area contributed by atoms with Gasteiger partial charge >= 0.3 is 0 Å². The first-order valence-electron chi connectivity index (χ1n) is 6.12. The van der Waals surface area contributed by atoms with Crippen molar-refractivity contribution in [1.82, 2.24) is 5.32 Å². The highest BCUT2D eigenvalue weighted by Gasteiger charge is 2.32. The predicted molar refractivity (Wildman–Crippen MR) is 66.0 cm³/mol. The third-order valence-electron chi connectivity index (χ3n) is 3.55. The number of carbonyl (C=O) groups is 1. The van der Waals surface area contributed by atoms with Gasteiger partial charge < -0.3 is 15.5 Å². The monoisotopic (exact) mass is 236 g/mol. The van der Waals surface area contributed by atoms with E-state index in [9.17, 15) is 4.79 Å². The lowest BCUT2D eigenvalue weighted by molar-refractivity contribution is 0.0931. The van der Waals surface area contributed by atoms with Gasteiger partial charge in [-0.25, -0.2) is 0 Å². The van der Waals surface area contributed by atoms with E-state index in [0.29, 0.717) is 23.8 Å². The summed E-state index contributed by atoms with van der Waals surface area (Å²) in [4.78, 5) is 12.2. The lowest BCUT2D eigenvalue weighted by atomic mass is 10.1. The van der Waals surface area contributed by atoms with E-state index in [4.69, 9.17) is 10.2 Å². The summed E-state index contributed by atoms with van der Waals surface area (Å²) >= 11 is 0. The first kappa shape index (κ1) is 12.2. The Morgan fingerprint density at radius 3 is 2.47 bits per heavy atom. The van der Waals surface area contributed by atoms with Crippen LogP contribution >= 0.6 is 0 Å². The molecule has 0 aromatic carbocycles. The van der Waals surface area contributed by atoms with Crippen LogP contribution in [0, 0.1) is 26.7 Å². The fourth-order valence-electron chi connectivity index (χ4n) is 2.24. The molecule has 17 heavy (non-hydrogen) atoms. The molecular weight excluding hydrogens is 216 g/mol. The van der Waals surface area contributed by atoms with E-state index >= 15 is 0 Å². The third-order valence-corrected chi connectivity index (χ3v) is 3.55. The minimum atomic E-state index is -0.0563. The van der Waals surface area contributed by atoms with Crippen molar-refractivity contribution in [2.45, 2.75) is 39.7 Å². The molecule has 0 aliphatic heterocycles. The maximum absolute atomic E-state index is 12.2. The van der Waals surface area contributed by atoms with Gasteiger partial charge in [-0.3, -0.25) is 4.79 Å². The fraction of sp³-hybridized carbons (Fsp3) is 0.615. The minimum Gasteiger partial charge on any atom is -0.466 e. The maximum atomic E-state index is 12.2. The highest BCUT2D eigenvalue weighted by molar-refractivity contribution is 5.97. The highest BCUT2D eigenvalue weighted by Crippen LogP contribution is 2.32. The van der Waals surface area contributed by atoms with Gasteiger partial charge in [-0.1, -0.05) is 0 Å². The summed E-state index contributed by atoms with van der Waals surface area (Å²) in [6, 6.07) is 0.108. The Labute approximate surface area is 102 Å². The molecule has 0 spiro atoms. The van der Waals surface area contributed by atoms with E-state index in [-0.39, 0.29) is 11.9 Å². The van der Waals surface area contributed by atoms with Crippen LogP contribution in [0.15, 0.2) is 4.42 Å². The van der Waals surface area contributed by atoms with Crippen molar-refractivity contribution in [3.63, 3.8) is 0 Å². The molecule has 0 bridgehead atoms. The summed E-state index contributed by atoms with van der Waals surface area (Å²) in [5, 5.41) is 3.02. The van der Waals surface area contributed by atoms with E-state index in [1.54, 1.807) is 0 Å². The van der Waals surface area contributed by atoms with E-state index in [1.807, 2.05) is 20.8 Å². The van der Waals surface area contributed by atoms with Gasteiger partial charge in [-0.2, -0.15) is 0 Å². The molecule has 4 heteroatoms. The lowest BCUT2D eigenvalue weighted by Gasteiger charge is -2.15. The standard InChI is InChI=1S/C13H20N2O2/c1-7-8(2)17-9(3)12(7)13(16)15-11(6-14)10-4-5-10/h10-11H,4-6,14H2,1-3H3,(H,15,16). The summed E-state index contributed by atoms with van der Waals surface area (Å²) in [7, 11) is 0. The van der Waals surface area contributed by atoms with Gasteiger partial charge in [0.05, 0.1) is 5.56 Å². The molecule has 0 radical (unpaired) electrons. The highest BCUT2D eigenvalue weighted by atomic mass is 16.3. The van der Waals surface area contributed by atoms with Crippen molar-refractivity contribution in [3.8, 4) is 0 Å². The van der Waals surface area contributed by atoms with Crippen LogP contribution in [0.5, 0.6) is 0 Å². The Balaban J connectivity index is 2.13. The number of hydrogen-bond donors (Lipinski definition) is 2. The molecule has 1 atom stereocenters. The van der Waals surface area contributed by atoms with E-state index in [2.05, 4.69) is 5.32 Å². The number of amides is 1. The SMILES string of the molecule is Cc1oc(C)c(C(=O)NC(CN)C2CC2)c1C. The van der Waals surface area contributed by atoms with Gasteiger partial charge in [0, 0.05) is 18.2 Å². The van der Waals surface area contributed by atoms with Gasteiger partial charge in [-0.05, 0) is 39.5 Å². The summed E-state index contributed by atoms with van der Waals surface area (Å²) in [6.45, 7) is 6.12. The molecule has 1 unspecified atom stereocenters. The van der Waals surface area contributed by atoms with E-state index in [1.165, 1.54) is 12.8 Å². The topological polar surface area (TPSA) is 68.3 Å². The number of furan rings is 1. The number of aryl methyl sites for hydroxylation is 2. The number of rotatable bonds is 4. The van der Waals surface area contributed by atoms with Crippen LogP contribution in [0.3, 0.4) is 0 Å². The van der Waals surface area contributed by atoms with Crippen molar-refractivity contribution in [2.75, 3.05) is 6.54 Å². The normalized spacial score (nSPS) is 16.9. The lowest BCUT2D eigenvalue weighted by Crippen LogP contribution is -2.42. The number of nitrogens with two attached hydrogens (primary N) is 1. The quantitative estimate of drug-likeness (QED) is 0.835. The summed E-state index contributed by atoms with van der Waals surface area (Å²) in [6.07, 6.45) is 2.34. The average Bonchev–Trinajstić information content (AvgIpc) is 3.05. The Hall–Kier alpha value is -1.29. The Kier molecular flexibility index (Phi) is 3.24. The minimum absolute atomic E-state index is 0.0563. The van der Waals surface area contributed by atoms with Crippen LogP contribution in [0.25, 0.3) is 0 Å². The predicted octanol–water partition coefficient (Wildman–Crippen LogP) is 1.67. The van der Waals surface area contributed by atoms with Gasteiger partial charge in [-0.15, -0.1) is 0 Å². The van der Waals surface area contributed by atoms with Crippen molar-refractivity contribution >= 4 is 5.91 Å². The van der Waals surface area contributed by atoms with Crippen molar-refractivity contribution < 1.29 is 9.21 Å². The van der Waals surface area contributed by atoms with Crippen molar-refractivity contribution in [3.05, 3.63) is 22.6 Å². The van der Waals surface area contributed by atoms with Gasteiger partial charge in [0.1, 0.15) is 11.5 Å². The first-order valence-corrected chi connectivity index (χ1v) is 6.12. The van der Waals surface area contributed by atoms with E-state index < -0.39 is 0 Å². The van der Waals surface area contributed by atoms with Crippen LogP contribution in [-0.4, -0.2) is 18.5 Å². The molecule has 1 aromatic heterocycles. The number of carbonyl (C=O) groups excluding carboxylic acids is 1. The number of nitrogens with one attached hydrogen (secondary N) is 1. The van der Waals surface area contributed by atoms with Crippen molar-refractivity contribution in [2.24, 2.45) is 11.7 Å². The second-order valence-corrected chi connectivity index (χ2v) is 4.87. The number of hydrogen-bond acceptors (Lipinski definition) is 3. The molecule has 1 fully saturated rings. The summed E-state index contributed by atoms with van der Waals surface area (Å²) in [5.74, 6) is 2.00. The molecule has 94 valence electrons. The molecule has 4 nitrogen and oxygen atoms in total. The molecule has 0 saturated heterocycles. The Morgan fingerprint density at radius 1 is 1.41 bits per heavy atom. The van der Waals surface area contributed by atoms with Crippen LogP contribution in [0.2, 0.25) is 0 Å². The zero-order chi connectivity index (χ0) is 12.6.